The maximum absolute atomic E-state index is 12.2. The lowest BCUT2D eigenvalue weighted by atomic mass is 9.99. The molecule has 0 atom stereocenters. The van der Waals surface area contributed by atoms with Gasteiger partial charge in [0.1, 0.15) is 5.75 Å². The van der Waals surface area contributed by atoms with Crippen molar-refractivity contribution in [2.45, 2.75) is 6.92 Å². The molecule has 150 valence electrons. The maximum atomic E-state index is 12.2. The van der Waals surface area contributed by atoms with E-state index in [4.69, 9.17) is 4.74 Å². The van der Waals surface area contributed by atoms with Gasteiger partial charge in [0.05, 0.1) is 13.4 Å². The topological polar surface area (TPSA) is 88.3 Å². The smallest absolute Gasteiger partial charge is 0.255 e. The number of hydrogen-bond donors (Lipinski definition) is 2. The summed E-state index contributed by atoms with van der Waals surface area (Å²) in [6.45, 7) is 1.93. The van der Waals surface area contributed by atoms with Gasteiger partial charge in [-0.25, -0.2) is 8.42 Å². The van der Waals surface area contributed by atoms with Crippen LogP contribution in [0.4, 0.5) is 5.69 Å². The Kier molecular flexibility index (Phi) is 5.89. The fourth-order valence-electron chi connectivity index (χ4n) is 3.07. The summed E-state index contributed by atoms with van der Waals surface area (Å²) in [5, 5.41) is 0. The quantitative estimate of drug-likeness (QED) is 0.603. The van der Waals surface area contributed by atoms with E-state index in [2.05, 4.69) is 9.71 Å². The van der Waals surface area contributed by atoms with Crippen molar-refractivity contribution in [3.63, 3.8) is 0 Å². The molecule has 0 amide bonds. The molecule has 3 aromatic rings. The van der Waals surface area contributed by atoms with E-state index in [0.717, 1.165) is 34.3 Å². The standard InChI is InChI=1S/C22H22N2O4S/c1-15-13-18(20-5-4-12-23-22(20)25)14-17(21(15)28-2)9-6-16-7-10-19(11-8-16)24-29(3,26)27/h4-14,24H,1-3H3,(H,23,25)/b9-6+. The number of aryl methyl sites for hydroxylation is 1. The molecule has 1 heterocycles. The van der Waals surface area contributed by atoms with Crippen LogP contribution in [0, 0.1) is 6.92 Å². The van der Waals surface area contributed by atoms with Gasteiger partial charge in [-0.3, -0.25) is 9.52 Å². The first-order valence-corrected chi connectivity index (χ1v) is 10.8. The number of aromatic nitrogens is 1. The van der Waals surface area contributed by atoms with Gasteiger partial charge in [-0.1, -0.05) is 24.3 Å². The van der Waals surface area contributed by atoms with Gasteiger partial charge >= 0.3 is 0 Å². The van der Waals surface area contributed by atoms with E-state index in [1.165, 1.54) is 0 Å². The molecule has 7 heteroatoms. The van der Waals surface area contributed by atoms with Crippen molar-refractivity contribution < 1.29 is 13.2 Å². The fraction of sp³-hybridized carbons (Fsp3) is 0.136. The highest BCUT2D eigenvalue weighted by atomic mass is 32.2. The zero-order chi connectivity index (χ0) is 21.0. The number of sulfonamides is 1. The van der Waals surface area contributed by atoms with E-state index in [1.807, 2.05) is 43.3 Å². The van der Waals surface area contributed by atoms with Crippen molar-refractivity contribution in [3.8, 4) is 16.9 Å². The van der Waals surface area contributed by atoms with Crippen LogP contribution in [0.25, 0.3) is 23.3 Å². The van der Waals surface area contributed by atoms with Crippen LogP contribution in [0.3, 0.4) is 0 Å². The second kappa shape index (κ2) is 8.36. The molecule has 2 N–H and O–H groups in total. The molecular weight excluding hydrogens is 388 g/mol. The minimum absolute atomic E-state index is 0.152. The summed E-state index contributed by atoms with van der Waals surface area (Å²) in [4.78, 5) is 14.8. The van der Waals surface area contributed by atoms with Crippen LogP contribution in [0.1, 0.15) is 16.7 Å². The van der Waals surface area contributed by atoms with Gasteiger partial charge in [0.25, 0.3) is 5.56 Å². The third-order valence-corrected chi connectivity index (χ3v) is 4.91. The Balaban J connectivity index is 1.95. The largest absolute Gasteiger partial charge is 0.496 e. The second-order valence-corrected chi connectivity index (χ2v) is 8.41. The molecule has 3 rings (SSSR count). The van der Waals surface area contributed by atoms with E-state index in [-0.39, 0.29) is 5.56 Å². The molecule has 2 aromatic carbocycles. The van der Waals surface area contributed by atoms with Crippen molar-refractivity contribution in [1.29, 1.82) is 0 Å². The van der Waals surface area contributed by atoms with Gasteiger partial charge in [-0.05, 0) is 60.0 Å². The van der Waals surface area contributed by atoms with Gasteiger partial charge in [0.2, 0.25) is 10.0 Å². The van der Waals surface area contributed by atoms with Gasteiger partial charge in [0, 0.05) is 23.0 Å². The molecule has 0 aliphatic carbocycles. The van der Waals surface area contributed by atoms with Crippen LogP contribution in [0.15, 0.2) is 59.5 Å². The van der Waals surface area contributed by atoms with Crippen LogP contribution < -0.4 is 15.0 Å². The molecule has 29 heavy (non-hydrogen) atoms. The first-order valence-electron chi connectivity index (χ1n) is 8.89. The number of aromatic amines is 1. The van der Waals surface area contributed by atoms with Gasteiger partial charge < -0.3 is 9.72 Å². The Bertz CT molecular complexity index is 1210. The number of H-pyrrole nitrogens is 1. The first kappa shape index (κ1) is 20.4. The maximum Gasteiger partial charge on any atom is 0.255 e. The monoisotopic (exact) mass is 410 g/mol. The van der Waals surface area contributed by atoms with Crippen molar-refractivity contribution in [3.05, 3.63) is 81.8 Å². The van der Waals surface area contributed by atoms with Crippen molar-refractivity contribution >= 4 is 27.9 Å². The lowest BCUT2D eigenvalue weighted by molar-refractivity contribution is 0.411. The Morgan fingerprint density at radius 1 is 1.07 bits per heavy atom. The van der Waals surface area contributed by atoms with E-state index < -0.39 is 10.0 Å². The normalized spacial score (nSPS) is 11.6. The first-order chi connectivity index (χ1) is 13.8. The third-order valence-electron chi connectivity index (χ3n) is 4.31. The van der Waals surface area contributed by atoms with E-state index in [0.29, 0.717) is 11.3 Å². The molecule has 6 nitrogen and oxygen atoms in total. The summed E-state index contributed by atoms with van der Waals surface area (Å²) in [6.07, 6.45) is 6.53. The number of nitrogens with one attached hydrogen (secondary N) is 2. The molecule has 0 aliphatic rings. The van der Waals surface area contributed by atoms with Crippen LogP contribution in [0.5, 0.6) is 5.75 Å². The van der Waals surface area contributed by atoms with Crippen molar-refractivity contribution in [1.82, 2.24) is 4.98 Å². The highest BCUT2D eigenvalue weighted by Gasteiger charge is 2.10. The average Bonchev–Trinajstić information content (AvgIpc) is 2.66. The Hall–Kier alpha value is -3.32. The van der Waals surface area contributed by atoms with Crippen LogP contribution in [-0.2, 0) is 10.0 Å². The predicted octanol–water partition coefficient (Wildman–Crippen LogP) is 3.90. The highest BCUT2D eigenvalue weighted by molar-refractivity contribution is 7.92. The van der Waals surface area contributed by atoms with Crippen molar-refractivity contribution in [2.24, 2.45) is 0 Å². The Labute approximate surface area is 169 Å². The summed E-state index contributed by atoms with van der Waals surface area (Å²) in [7, 11) is -1.69. The van der Waals surface area contributed by atoms with Gasteiger partial charge in [-0.15, -0.1) is 0 Å². The third kappa shape index (κ3) is 5.14. The van der Waals surface area contributed by atoms with E-state index in [1.54, 1.807) is 37.6 Å². The Morgan fingerprint density at radius 2 is 1.79 bits per heavy atom. The molecule has 0 bridgehead atoms. The highest BCUT2D eigenvalue weighted by Crippen LogP contribution is 2.30. The number of benzene rings is 2. The minimum atomic E-state index is -3.31. The van der Waals surface area contributed by atoms with Crippen molar-refractivity contribution in [2.75, 3.05) is 18.1 Å². The molecule has 0 spiro atoms. The van der Waals surface area contributed by atoms with Crippen LogP contribution in [0.2, 0.25) is 0 Å². The molecular formula is C22H22N2O4S. The number of ether oxygens (including phenoxy) is 1. The Morgan fingerprint density at radius 3 is 2.41 bits per heavy atom. The summed E-state index contributed by atoms with van der Waals surface area (Å²) in [6, 6.07) is 14.4. The molecule has 0 saturated heterocycles. The molecule has 0 radical (unpaired) electrons. The number of methoxy groups -OCH3 is 1. The SMILES string of the molecule is COc1c(C)cc(-c2ccc[nH]c2=O)cc1/C=C/c1ccc(NS(C)(=O)=O)cc1. The number of pyridine rings is 1. The molecule has 1 aromatic heterocycles. The molecule has 0 saturated carbocycles. The minimum Gasteiger partial charge on any atom is -0.496 e. The summed E-state index contributed by atoms with van der Waals surface area (Å²) in [5.74, 6) is 0.729. The molecule has 0 fully saturated rings. The van der Waals surface area contributed by atoms with E-state index in [9.17, 15) is 13.2 Å². The second-order valence-electron chi connectivity index (χ2n) is 6.66. The predicted molar refractivity (Wildman–Crippen MR) is 118 cm³/mol. The summed E-state index contributed by atoms with van der Waals surface area (Å²) < 4.78 is 30.6. The van der Waals surface area contributed by atoms with Gasteiger partial charge in [0.15, 0.2) is 0 Å². The van der Waals surface area contributed by atoms with Gasteiger partial charge in [-0.2, -0.15) is 0 Å². The number of anilines is 1. The molecule has 0 unspecified atom stereocenters. The zero-order valence-electron chi connectivity index (χ0n) is 16.4. The average molecular weight is 410 g/mol. The number of rotatable bonds is 6. The van der Waals surface area contributed by atoms with Crippen LogP contribution >= 0.6 is 0 Å². The van der Waals surface area contributed by atoms with Crippen LogP contribution in [-0.4, -0.2) is 26.8 Å². The summed E-state index contributed by atoms with van der Waals surface area (Å²) in [5.41, 5.74) is 4.39. The lowest BCUT2D eigenvalue weighted by Gasteiger charge is -2.12. The molecule has 0 aliphatic heterocycles. The van der Waals surface area contributed by atoms with E-state index >= 15 is 0 Å². The fourth-order valence-corrected chi connectivity index (χ4v) is 3.63. The zero-order valence-corrected chi connectivity index (χ0v) is 17.2. The lowest BCUT2D eigenvalue weighted by Crippen LogP contribution is -2.09. The summed E-state index contributed by atoms with van der Waals surface area (Å²) >= 11 is 0. The number of hydrogen-bond acceptors (Lipinski definition) is 4.